The summed E-state index contributed by atoms with van der Waals surface area (Å²) in [5.74, 6) is -0.377. The van der Waals surface area contributed by atoms with E-state index in [2.05, 4.69) is 5.32 Å². The zero-order valence-corrected chi connectivity index (χ0v) is 10.7. The van der Waals surface area contributed by atoms with Gasteiger partial charge in [0, 0.05) is 5.69 Å². The third-order valence-corrected chi connectivity index (χ3v) is 3.02. The van der Waals surface area contributed by atoms with Crippen molar-refractivity contribution in [1.82, 2.24) is 0 Å². The van der Waals surface area contributed by atoms with Crippen molar-refractivity contribution in [3.8, 4) is 5.75 Å². The van der Waals surface area contributed by atoms with E-state index in [1.807, 2.05) is 0 Å². The molecule has 2 rings (SSSR count). The van der Waals surface area contributed by atoms with Crippen LogP contribution in [0.2, 0.25) is 5.02 Å². The third-order valence-electron chi connectivity index (χ3n) is 2.72. The van der Waals surface area contributed by atoms with Gasteiger partial charge in [0.25, 0.3) is 0 Å². The first kappa shape index (κ1) is 13.6. The van der Waals surface area contributed by atoms with Gasteiger partial charge in [-0.3, -0.25) is 0 Å². The van der Waals surface area contributed by atoms with E-state index >= 15 is 0 Å². The molecule has 0 fully saturated rings. The van der Waals surface area contributed by atoms with E-state index < -0.39 is 6.04 Å². The molecule has 19 heavy (non-hydrogen) atoms. The number of benzene rings is 2. The molecule has 0 bridgehead atoms. The fourth-order valence-corrected chi connectivity index (χ4v) is 1.94. The molecule has 0 saturated heterocycles. The second-order valence-electron chi connectivity index (χ2n) is 4.10. The van der Waals surface area contributed by atoms with Crippen LogP contribution in [0, 0.1) is 5.82 Å². The number of nitrogens with one attached hydrogen (secondary N) is 1. The van der Waals surface area contributed by atoms with Crippen LogP contribution in [0.25, 0.3) is 0 Å². The lowest BCUT2D eigenvalue weighted by Crippen LogP contribution is -2.14. The average molecular weight is 282 g/mol. The van der Waals surface area contributed by atoms with E-state index in [9.17, 15) is 14.6 Å². The fourth-order valence-electron chi connectivity index (χ4n) is 1.75. The van der Waals surface area contributed by atoms with Crippen molar-refractivity contribution < 1.29 is 14.6 Å². The van der Waals surface area contributed by atoms with Crippen LogP contribution in [-0.2, 0) is 0 Å². The van der Waals surface area contributed by atoms with Crippen molar-refractivity contribution in [3.63, 3.8) is 0 Å². The van der Waals surface area contributed by atoms with Crippen LogP contribution in [0.3, 0.4) is 0 Å². The highest BCUT2D eigenvalue weighted by Crippen LogP contribution is 2.28. The van der Waals surface area contributed by atoms with Crippen molar-refractivity contribution >= 4 is 17.3 Å². The molecule has 5 heteroatoms. The number of anilines is 1. The number of phenols is 1. The Labute approximate surface area is 115 Å². The molecule has 3 N–H and O–H groups in total. The Morgan fingerprint density at radius 3 is 2.63 bits per heavy atom. The molecule has 0 aromatic heterocycles. The average Bonchev–Trinajstić information content (AvgIpc) is 2.39. The molecule has 0 aliphatic rings. The second kappa shape index (κ2) is 5.91. The summed E-state index contributed by atoms with van der Waals surface area (Å²) in [7, 11) is 0. The molecular formula is C14H13ClFNO2. The minimum Gasteiger partial charge on any atom is -0.506 e. The molecule has 0 heterocycles. The minimum atomic E-state index is -0.431. The first-order valence-electron chi connectivity index (χ1n) is 5.71. The molecule has 1 unspecified atom stereocenters. The van der Waals surface area contributed by atoms with Gasteiger partial charge in [-0.15, -0.1) is 0 Å². The van der Waals surface area contributed by atoms with E-state index in [-0.39, 0.29) is 23.2 Å². The van der Waals surface area contributed by atoms with Crippen LogP contribution in [0.15, 0.2) is 42.5 Å². The SMILES string of the molecule is OCC(Nc1cccc(F)c1)c1ccc(O)c(Cl)c1. The van der Waals surface area contributed by atoms with Crippen LogP contribution in [0.1, 0.15) is 11.6 Å². The Bertz CT molecular complexity index is 577. The number of rotatable bonds is 4. The van der Waals surface area contributed by atoms with Gasteiger partial charge in [0.1, 0.15) is 11.6 Å². The lowest BCUT2D eigenvalue weighted by atomic mass is 10.1. The van der Waals surface area contributed by atoms with Crippen molar-refractivity contribution in [2.24, 2.45) is 0 Å². The van der Waals surface area contributed by atoms with E-state index in [0.717, 1.165) is 0 Å². The highest BCUT2D eigenvalue weighted by molar-refractivity contribution is 6.32. The zero-order chi connectivity index (χ0) is 13.8. The number of hydrogen-bond donors (Lipinski definition) is 3. The predicted molar refractivity (Wildman–Crippen MR) is 73.0 cm³/mol. The molecule has 100 valence electrons. The molecule has 3 nitrogen and oxygen atoms in total. The van der Waals surface area contributed by atoms with Crippen LogP contribution in [-0.4, -0.2) is 16.8 Å². The standard InChI is InChI=1S/C14H13ClFNO2/c15-12-6-9(4-5-14(12)19)13(8-18)17-11-3-1-2-10(16)7-11/h1-7,13,17-19H,8H2. The van der Waals surface area contributed by atoms with Gasteiger partial charge in [-0.05, 0) is 35.9 Å². The molecule has 2 aromatic carbocycles. The maximum Gasteiger partial charge on any atom is 0.134 e. The number of phenolic OH excluding ortho intramolecular Hbond substituents is 1. The number of hydrogen-bond acceptors (Lipinski definition) is 3. The Balaban J connectivity index is 2.22. The quantitative estimate of drug-likeness (QED) is 0.806. The van der Waals surface area contributed by atoms with Crippen molar-refractivity contribution in [1.29, 1.82) is 0 Å². The Hall–Kier alpha value is -1.78. The monoisotopic (exact) mass is 281 g/mol. The predicted octanol–water partition coefficient (Wildman–Crippen LogP) is 3.33. The highest BCUT2D eigenvalue weighted by Gasteiger charge is 2.12. The number of aromatic hydroxyl groups is 1. The van der Waals surface area contributed by atoms with Gasteiger partial charge >= 0.3 is 0 Å². The van der Waals surface area contributed by atoms with Gasteiger partial charge in [0.15, 0.2) is 0 Å². The molecule has 0 radical (unpaired) electrons. The topological polar surface area (TPSA) is 52.5 Å². The summed E-state index contributed by atoms with van der Waals surface area (Å²) in [5.41, 5.74) is 1.26. The van der Waals surface area contributed by atoms with Crippen LogP contribution >= 0.6 is 11.6 Å². The number of halogens is 2. The summed E-state index contributed by atoms with van der Waals surface area (Å²) >= 11 is 5.82. The smallest absolute Gasteiger partial charge is 0.134 e. The zero-order valence-electron chi connectivity index (χ0n) is 9.98. The van der Waals surface area contributed by atoms with Crippen molar-refractivity contribution in [2.45, 2.75) is 6.04 Å². The third kappa shape index (κ3) is 3.36. The summed E-state index contributed by atoms with van der Waals surface area (Å²) in [5, 5.41) is 22.0. The molecule has 2 aromatic rings. The van der Waals surface area contributed by atoms with Gasteiger partial charge in [0.05, 0.1) is 17.7 Å². The molecule has 0 aliphatic carbocycles. The fraction of sp³-hybridized carbons (Fsp3) is 0.143. The summed E-state index contributed by atoms with van der Waals surface area (Å²) < 4.78 is 13.1. The van der Waals surface area contributed by atoms with Crippen molar-refractivity contribution in [2.75, 3.05) is 11.9 Å². The largest absolute Gasteiger partial charge is 0.506 e. The van der Waals surface area contributed by atoms with Crippen LogP contribution in [0.4, 0.5) is 10.1 Å². The second-order valence-corrected chi connectivity index (χ2v) is 4.51. The van der Waals surface area contributed by atoms with E-state index in [1.54, 1.807) is 24.3 Å². The van der Waals surface area contributed by atoms with E-state index in [4.69, 9.17) is 11.6 Å². The Morgan fingerprint density at radius 1 is 1.21 bits per heavy atom. The van der Waals surface area contributed by atoms with Gasteiger partial charge < -0.3 is 15.5 Å². The number of aliphatic hydroxyl groups excluding tert-OH is 1. The van der Waals surface area contributed by atoms with Crippen LogP contribution < -0.4 is 5.32 Å². The van der Waals surface area contributed by atoms with Crippen LogP contribution in [0.5, 0.6) is 5.75 Å². The van der Waals surface area contributed by atoms with E-state index in [1.165, 1.54) is 18.2 Å². The molecule has 0 aliphatic heterocycles. The molecule has 0 spiro atoms. The van der Waals surface area contributed by atoms with Crippen molar-refractivity contribution in [3.05, 3.63) is 58.9 Å². The molecule has 0 amide bonds. The lowest BCUT2D eigenvalue weighted by molar-refractivity contribution is 0.276. The summed E-state index contributed by atoms with van der Waals surface area (Å²) in [6, 6.07) is 10.2. The molecule has 0 saturated carbocycles. The first-order valence-corrected chi connectivity index (χ1v) is 6.09. The molecule has 1 atom stereocenters. The minimum absolute atomic E-state index is 0.0205. The van der Waals surface area contributed by atoms with Gasteiger partial charge in [-0.2, -0.15) is 0 Å². The normalized spacial score (nSPS) is 12.2. The van der Waals surface area contributed by atoms with Gasteiger partial charge in [0.2, 0.25) is 0 Å². The van der Waals surface area contributed by atoms with Gasteiger partial charge in [-0.1, -0.05) is 23.7 Å². The maximum atomic E-state index is 13.1. The first-order chi connectivity index (χ1) is 9.10. The molecular weight excluding hydrogens is 269 g/mol. The highest BCUT2D eigenvalue weighted by atomic mass is 35.5. The van der Waals surface area contributed by atoms with E-state index in [0.29, 0.717) is 11.3 Å². The Morgan fingerprint density at radius 2 is 2.00 bits per heavy atom. The number of aliphatic hydroxyl groups is 1. The summed E-state index contributed by atoms with van der Waals surface area (Å²) in [6.45, 7) is -0.183. The lowest BCUT2D eigenvalue weighted by Gasteiger charge is -2.18. The van der Waals surface area contributed by atoms with Gasteiger partial charge in [-0.25, -0.2) is 4.39 Å². The maximum absolute atomic E-state index is 13.1. The summed E-state index contributed by atoms with van der Waals surface area (Å²) in [6.07, 6.45) is 0. The Kier molecular flexibility index (Phi) is 4.24. The summed E-state index contributed by atoms with van der Waals surface area (Å²) in [4.78, 5) is 0.